The summed E-state index contributed by atoms with van der Waals surface area (Å²) in [5, 5.41) is 8.68. The molecule has 0 saturated carbocycles. The molecule has 5 nitrogen and oxygen atoms in total. The van der Waals surface area contributed by atoms with E-state index in [9.17, 15) is 0 Å². The van der Waals surface area contributed by atoms with E-state index >= 15 is 0 Å². The van der Waals surface area contributed by atoms with E-state index in [1.807, 2.05) is 18.2 Å². The van der Waals surface area contributed by atoms with Gasteiger partial charge < -0.3 is 15.1 Å². The summed E-state index contributed by atoms with van der Waals surface area (Å²) in [6.45, 7) is 4.65. The van der Waals surface area contributed by atoms with Crippen molar-refractivity contribution in [1.82, 2.24) is 15.6 Å². The maximum atomic E-state index is 5.83. The third-order valence-corrected chi connectivity index (χ3v) is 4.90. The van der Waals surface area contributed by atoms with Crippen molar-refractivity contribution in [1.29, 1.82) is 0 Å². The van der Waals surface area contributed by atoms with Crippen molar-refractivity contribution in [3.05, 3.63) is 64.3 Å². The number of halogens is 1. The fourth-order valence-corrected chi connectivity index (χ4v) is 3.15. The van der Waals surface area contributed by atoms with Crippen LogP contribution in [0.1, 0.15) is 29.3 Å². The van der Waals surface area contributed by atoms with Crippen LogP contribution in [0.25, 0.3) is 11.3 Å². The highest BCUT2D eigenvalue weighted by molar-refractivity contribution is 14.0. The van der Waals surface area contributed by atoms with Gasteiger partial charge in [0.1, 0.15) is 0 Å². The summed E-state index contributed by atoms with van der Waals surface area (Å²) < 4.78 is 5.83. The fraction of sp³-hybridized carbons (Fsp3) is 0.263. The van der Waals surface area contributed by atoms with E-state index in [-0.39, 0.29) is 30.0 Å². The molecule has 0 spiro atoms. The highest BCUT2D eigenvalue weighted by Crippen LogP contribution is 2.21. The van der Waals surface area contributed by atoms with Gasteiger partial charge in [-0.3, -0.25) is 4.99 Å². The summed E-state index contributed by atoms with van der Waals surface area (Å²) in [7, 11) is 1.75. The Morgan fingerprint density at radius 1 is 1.27 bits per heavy atom. The van der Waals surface area contributed by atoms with Gasteiger partial charge in [0.2, 0.25) is 5.89 Å². The average molecular weight is 482 g/mol. The average Bonchev–Trinajstić information content (AvgIpc) is 3.31. The Balaban J connectivity index is 0.00000243. The number of oxazole rings is 1. The van der Waals surface area contributed by atoms with Crippen LogP contribution in [0, 0.1) is 6.92 Å². The van der Waals surface area contributed by atoms with Gasteiger partial charge in [-0.2, -0.15) is 0 Å². The zero-order valence-corrected chi connectivity index (χ0v) is 18.2. The molecule has 0 radical (unpaired) electrons. The zero-order valence-electron chi connectivity index (χ0n) is 15.0. The van der Waals surface area contributed by atoms with E-state index in [1.54, 1.807) is 24.6 Å². The van der Waals surface area contributed by atoms with Crippen LogP contribution >= 0.6 is 35.3 Å². The highest BCUT2D eigenvalue weighted by Gasteiger charge is 2.10. The molecule has 0 bridgehead atoms. The number of rotatable bonds is 5. The molecule has 2 N–H and O–H groups in total. The number of hydrogen-bond acceptors (Lipinski definition) is 4. The molecule has 2 aromatic heterocycles. The highest BCUT2D eigenvalue weighted by atomic mass is 127. The number of aryl methyl sites for hydroxylation is 1. The SMILES string of the molecule is CN=C(NCc1ncc(-c2ccc(C)cc2)o1)NC(C)c1cccs1.I. The summed E-state index contributed by atoms with van der Waals surface area (Å²) in [5.74, 6) is 2.12. The molecule has 0 aliphatic heterocycles. The van der Waals surface area contributed by atoms with Gasteiger partial charge >= 0.3 is 0 Å². The molecule has 26 heavy (non-hydrogen) atoms. The predicted molar refractivity (Wildman–Crippen MR) is 118 cm³/mol. The maximum Gasteiger partial charge on any atom is 0.214 e. The van der Waals surface area contributed by atoms with Crippen LogP contribution < -0.4 is 10.6 Å². The first-order valence-corrected chi connectivity index (χ1v) is 9.06. The first-order valence-electron chi connectivity index (χ1n) is 8.18. The van der Waals surface area contributed by atoms with Crippen molar-refractivity contribution in [3.63, 3.8) is 0 Å². The number of aliphatic imine (C=N–C) groups is 1. The first-order chi connectivity index (χ1) is 12.2. The molecule has 0 aliphatic carbocycles. The Hall–Kier alpha value is -1.87. The summed E-state index contributed by atoms with van der Waals surface area (Å²) in [4.78, 5) is 9.86. The van der Waals surface area contributed by atoms with Crippen LogP contribution in [0.15, 0.2) is 57.4 Å². The number of guanidine groups is 1. The summed E-state index contributed by atoms with van der Waals surface area (Å²) in [6, 6.07) is 12.6. The number of nitrogens with one attached hydrogen (secondary N) is 2. The van der Waals surface area contributed by atoms with Crippen LogP contribution in [-0.2, 0) is 6.54 Å². The second-order valence-corrected chi connectivity index (χ2v) is 6.77. The molecule has 7 heteroatoms. The molecule has 138 valence electrons. The Kier molecular flexibility index (Phi) is 7.65. The van der Waals surface area contributed by atoms with Crippen LogP contribution in [-0.4, -0.2) is 18.0 Å². The topological polar surface area (TPSA) is 62.5 Å². The summed E-state index contributed by atoms with van der Waals surface area (Å²) in [6.07, 6.45) is 1.76. The molecule has 1 unspecified atom stereocenters. The Morgan fingerprint density at radius 2 is 2.04 bits per heavy atom. The van der Waals surface area contributed by atoms with Crippen molar-refractivity contribution >= 4 is 41.3 Å². The lowest BCUT2D eigenvalue weighted by atomic mass is 10.1. The maximum absolute atomic E-state index is 5.83. The van der Waals surface area contributed by atoms with Crippen LogP contribution in [0.3, 0.4) is 0 Å². The lowest BCUT2D eigenvalue weighted by molar-refractivity contribution is 0.496. The molecule has 0 saturated heterocycles. The Labute approximate surface area is 175 Å². The molecule has 2 heterocycles. The Bertz CT molecular complexity index is 828. The van der Waals surface area contributed by atoms with Gasteiger partial charge in [-0.1, -0.05) is 35.9 Å². The van der Waals surface area contributed by atoms with Crippen molar-refractivity contribution in [2.45, 2.75) is 26.4 Å². The third kappa shape index (κ3) is 5.31. The quantitative estimate of drug-likeness (QED) is 0.313. The van der Waals surface area contributed by atoms with Crippen molar-refractivity contribution in [2.24, 2.45) is 4.99 Å². The monoisotopic (exact) mass is 482 g/mol. The van der Waals surface area contributed by atoms with Gasteiger partial charge in [0.25, 0.3) is 0 Å². The molecule has 1 atom stereocenters. The zero-order chi connectivity index (χ0) is 17.6. The normalized spacial score (nSPS) is 12.3. The van der Waals surface area contributed by atoms with Crippen LogP contribution in [0.2, 0.25) is 0 Å². The van der Waals surface area contributed by atoms with E-state index in [0.717, 1.165) is 17.3 Å². The largest absolute Gasteiger partial charge is 0.439 e. The number of nitrogens with zero attached hydrogens (tertiary/aromatic N) is 2. The number of hydrogen-bond donors (Lipinski definition) is 2. The number of thiophene rings is 1. The van der Waals surface area contributed by atoms with Crippen LogP contribution in [0.5, 0.6) is 0 Å². The summed E-state index contributed by atoms with van der Waals surface area (Å²) in [5.41, 5.74) is 2.25. The molecular weight excluding hydrogens is 459 g/mol. The van der Waals surface area contributed by atoms with Gasteiger partial charge in [-0.15, -0.1) is 35.3 Å². The van der Waals surface area contributed by atoms with Crippen molar-refractivity contribution in [3.8, 4) is 11.3 Å². The van der Waals surface area contributed by atoms with E-state index < -0.39 is 0 Å². The molecule has 1 aromatic carbocycles. The Morgan fingerprint density at radius 3 is 2.69 bits per heavy atom. The number of benzene rings is 1. The lowest BCUT2D eigenvalue weighted by Crippen LogP contribution is -2.38. The predicted octanol–water partition coefficient (Wildman–Crippen LogP) is 4.76. The second kappa shape index (κ2) is 9.72. The van der Waals surface area contributed by atoms with E-state index in [4.69, 9.17) is 4.42 Å². The minimum absolute atomic E-state index is 0. The standard InChI is InChI=1S/C19H22N4OS.HI/c1-13-6-8-15(9-7-13)16-11-21-18(24-16)12-22-19(20-3)23-14(2)17-5-4-10-25-17;/h4-11,14H,12H2,1-3H3,(H2,20,22,23);1H. The molecule has 0 fully saturated rings. The van der Waals surface area contributed by atoms with E-state index in [1.165, 1.54) is 10.4 Å². The van der Waals surface area contributed by atoms with Gasteiger partial charge in [-0.25, -0.2) is 4.98 Å². The minimum Gasteiger partial charge on any atom is -0.439 e. The third-order valence-electron chi connectivity index (χ3n) is 3.84. The minimum atomic E-state index is 0. The van der Waals surface area contributed by atoms with Crippen LogP contribution in [0.4, 0.5) is 0 Å². The lowest BCUT2D eigenvalue weighted by Gasteiger charge is -2.16. The molecule has 0 amide bonds. The fourth-order valence-electron chi connectivity index (χ4n) is 2.41. The van der Waals surface area contributed by atoms with Gasteiger partial charge in [0, 0.05) is 17.5 Å². The van der Waals surface area contributed by atoms with E-state index in [0.29, 0.717) is 12.4 Å². The van der Waals surface area contributed by atoms with Gasteiger partial charge in [-0.05, 0) is 25.3 Å². The first kappa shape index (κ1) is 20.4. The van der Waals surface area contributed by atoms with Gasteiger partial charge in [0.05, 0.1) is 18.8 Å². The molecule has 3 aromatic rings. The van der Waals surface area contributed by atoms with E-state index in [2.05, 4.69) is 58.0 Å². The van der Waals surface area contributed by atoms with Crippen molar-refractivity contribution < 1.29 is 4.42 Å². The van der Waals surface area contributed by atoms with Gasteiger partial charge in [0.15, 0.2) is 11.7 Å². The number of aromatic nitrogens is 1. The second-order valence-electron chi connectivity index (χ2n) is 5.79. The molecule has 3 rings (SSSR count). The smallest absolute Gasteiger partial charge is 0.214 e. The molecular formula is C19H23IN4OS. The molecule has 0 aliphatic rings. The summed E-state index contributed by atoms with van der Waals surface area (Å²) >= 11 is 1.72. The van der Waals surface area contributed by atoms with Crippen molar-refractivity contribution in [2.75, 3.05) is 7.05 Å².